The van der Waals surface area contributed by atoms with Gasteiger partial charge >= 0.3 is 0 Å². The van der Waals surface area contributed by atoms with Crippen molar-refractivity contribution in [3.05, 3.63) is 59.7 Å². The van der Waals surface area contributed by atoms with Crippen LogP contribution in [0.3, 0.4) is 0 Å². The van der Waals surface area contributed by atoms with Gasteiger partial charge in [0.15, 0.2) is 9.84 Å². The SMILES string of the molecule is COc1cccc(C(CNC(=O)c2cccc(S(C)(=O)=O)c2)N2CCCC2)c1. The molecule has 0 aliphatic carbocycles. The fourth-order valence-corrected chi connectivity index (χ4v) is 4.19. The second kappa shape index (κ2) is 8.75. The molecule has 1 amide bonds. The van der Waals surface area contributed by atoms with Gasteiger partial charge < -0.3 is 10.1 Å². The van der Waals surface area contributed by atoms with Crippen LogP contribution >= 0.6 is 0 Å². The van der Waals surface area contributed by atoms with E-state index in [-0.39, 0.29) is 16.8 Å². The standard InChI is InChI=1S/C21H26N2O4S/c1-27-18-9-5-7-16(13-18)20(23-11-3-4-12-23)15-22-21(24)17-8-6-10-19(14-17)28(2,25)26/h5-10,13-14,20H,3-4,11-12,15H2,1-2H3,(H,22,24). The lowest BCUT2D eigenvalue weighted by Gasteiger charge is -2.28. The van der Waals surface area contributed by atoms with E-state index in [0.29, 0.717) is 12.1 Å². The second-order valence-corrected chi connectivity index (χ2v) is 9.06. The lowest BCUT2D eigenvalue weighted by molar-refractivity contribution is 0.0937. The highest BCUT2D eigenvalue weighted by atomic mass is 32.2. The summed E-state index contributed by atoms with van der Waals surface area (Å²) in [6, 6.07) is 14.1. The van der Waals surface area contributed by atoms with Crippen molar-refractivity contribution in [3.8, 4) is 5.75 Å². The molecule has 28 heavy (non-hydrogen) atoms. The van der Waals surface area contributed by atoms with Crippen molar-refractivity contribution >= 4 is 15.7 Å². The molecule has 6 nitrogen and oxygen atoms in total. The number of amides is 1. The van der Waals surface area contributed by atoms with E-state index in [2.05, 4.69) is 10.2 Å². The number of benzene rings is 2. The van der Waals surface area contributed by atoms with Gasteiger partial charge in [-0.2, -0.15) is 0 Å². The molecule has 1 aliphatic heterocycles. The Morgan fingerprint density at radius 1 is 1.14 bits per heavy atom. The Morgan fingerprint density at radius 3 is 2.54 bits per heavy atom. The van der Waals surface area contributed by atoms with Gasteiger partial charge in [-0.15, -0.1) is 0 Å². The van der Waals surface area contributed by atoms with E-state index in [1.165, 1.54) is 12.1 Å². The van der Waals surface area contributed by atoms with Gasteiger partial charge in [0.25, 0.3) is 5.91 Å². The van der Waals surface area contributed by atoms with Crippen LogP contribution < -0.4 is 10.1 Å². The number of nitrogens with one attached hydrogen (secondary N) is 1. The number of hydrogen-bond acceptors (Lipinski definition) is 5. The maximum atomic E-state index is 12.6. The van der Waals surface area contributed by atoms with Crippen LogP contribution in [-0.4, -0.2) is 52.2 Å². The Morgan fingerprint density at radius 2 is 1.86 bits per heavy atom. The Kier molecular flexibility index (Phi) is 6.36. The van der Waals surface area contributed by atoms with Gasteiger partial charge in [0.1, 0.15) is 5.75 Å². The summed E-state index contributed by atoms with van der Waals surface area (Å²) >= 11 is 0. The van der Waals surface area contributed by atoms with Gasteiger partial charge in [0, 0.05) is 18.4 Å². The van der Waals surface area contributed by atoms with E-state index >= 15 is 0 Å². The quantitative estimate of drug-likeness (QED) is 0.771. The second-order valence-electron chi connectivity index (χ2n) is 7.05. The van der Waals surface area contributed by atoms with Crippen LogP contribution in [0.2, 0.25) is 0 Å². The first-order chi connectivity index (χ1) is 13.4. The molecule has 1 atom stereocenters. The average molecular weight is 403 g/mol. The van der Waals surface area contributed by atoms with E-state index in [0.717, 1.165) is 43.5 Å². The minimum absolute atomic E-state index is 0.0413. The summed E-state index contributed by atoms with van der Waals surface area (Å²) in [5, 5.41) is 2.97. The predicted octanol–water partition coefficient (Wildman–Crippen LogP) is 2.67. The summed E-state index contributed by atoms with van der Waals surface area (Å²) in [6.45, 7) is 2.41. The summed E-state index contributed by atoms with van der Waals surface area (Å²) in [6.07, 6.45) is 3.42. The Labute approximate surface area is 166 Å². The molecule has 2 aromatic rings. The molecular formula is C21H26N2O4S. The lowest BCUT2D eigenvalue weighted by Crippen LogP contribution is -2.36. The maximum Gasteiger partial charge on any atom is 0.251 e. The molecule has 1 aliphatic rings. The number of likely N-dealkylation sites (tertiary alicyclic amines) is 1. The first-order valence-electron chi connectivity index (χ1n) is 9.35. The van der Waals surface area contributed by atoms with Gasteiger partial charge in [-0.1, -0.05) is 18.2 Å². The van der Waals surface area contributed by atoms with Crippen molar-refractivity contribution in [2.45, 2.75) is 23.8 Å². The highest BCUT2D eigenvalue weighted by molar-refractivity contribution is 7.90. The van der Waals surface area contributed by atoms with Crippen LogP contribution in [0.4, 0.5) is 0 Å². The highest BCUT2D eigenvalue weighted by Gasteiger charge is 2.24. The number of carbonyl (C=O) groups is 1. The third-order valence-corrected chi connectivity index (χ3v) is 6.15. The fraction of sp³-hybridized carbons (Fsp3) is 0.381. The summed E-state index contributed by atoms with van der Waals surface area (Å²) < 4.78 is 28.8. The van der Waals surface area contributed by atoms with E-state index in [1.54, 1.807) is 19.2 Å². The Balaban J connectivity index is 1.77. The first-order valence-corrected chi connectivity index (χ1v) is 11.2. The van der Waals surface area contributed by atoms with Crippen LogP contribution in [0.5, 0.6) is 5.75 Å². The van der Waals surface area contributed by atoms with Crippen LogP contribution in [-0.2, 0) is 9.84 Å². The molecule has 0 saturated carbocycles. The monoisotopic (exact) mass is 402 g/mol. The van der Waals surface area contributed by atoms with Crippen LogP contribution in [0.15, 0.2) is 53.4 Å². The zero-order valence-corrected chi connectivity index (χ0v) is 17.0. The maximum absolute atomic E-state index is 12.6. The first kappa shape index (κ1) is 20.4. The van der Waals surface area contributed by atoms with Gasteiger partial charge in [-0.3, -0.25) is 9.69 Å². The van der Waals surface area contributed by atoms with E-state index in [4.69, 9.17) is 4.74 Å². The number of ether oxygens (including phenoxy) is 1. The van der Waals surface area contributed by atoms with Crippen molar-refractivity contribution < 1.29 is 17.9 Å². The molecule has 0 aromatic heterocycles. The minimum Gasteiger partial charge on any atom is -0.497 e. The van der Waals surface area contributed by atoms with Crippen molar-refractivity contribution in [1.82, 2.24) is 10.2 Å². The Bertz CT molecular complexity index is 937. The minimum atomic E-state index is -3.36. The van der Waals surface area contributed by atoms with Gasteiger partial charge in [0.2, 0.25) is 0 Å². The van der Waals surface area contributed by atoms with Crippen LogP contribution in [0.1, 0.15) is 34.8 Å². The number of carbonyl (C=O) groups excluding carboxylic acids is 1. The smallest absolute Gasteiger partial charge is 0.251 e. The summed E-state index contributed by atoms with van der Waals surface area (Å²) in [5.74, 6) is 0.506. The number of rotatable bonds is 7. The highest BCUT2D eigenvalue weighted by Crippen LogP contribution is 2.27. The number of hydrogen-bond donors (Lipinski definition) is 1. The van der Waals surface area contributed by atoms with Crippen molar-refractivity contribution in [3.63, 3.8) is 0 Å². The van der Waals surface area contributed by atoms with Gasteiger partial charge in [-0.05, 0) is 61.8 Å². The Hall–Kier alpha value is -2.38. The molecule has 1 unspecified atom stereocenters. The molecule has 1 fully saturated rings. The molecule has 1 heterocycles. The van der Waals surface area contributed by atoms with E-state index in [1.807, 2.05) is 24.3 Å². The predicted molar refractivity (Wildman–Crippen MR) is 108 cm³/mol. The molecule has 0 bridgehead atoms. The zero-order valence-electron chi connectivity index (χ0n) is 16.2. The molecule has 1 N–H and O–H groups in total. The summed E-state index contributed by atoms with van der Waals surface area (Å²) in [5.41, 5.74) is 1.43. The van der Waals surface area contributed by atoms with Crippen molar-refractivity contribution in [2.75, 3.05) is 33.0 Å². The number of sulfone groups is 1. The third kappa shape index (κ3) is 4.91. The molecular weight excluding hydrogens is 376 g/mol. The van der Waals surface area contributed by atoms with E-state index in [9.17, 15) is 13.2 Å². The topological polar surface area (TPSA) is 75.7 Å². The average Bonchev–Trinajstić information content (AvgIpc) is 3.22. The van der Waals surface area contributed by atoms with Gasteiger partial charge in [0.05, 0.1) is 18.0 Å². The summed E-state index contributed by atoms with van der Waals surface area (Å²) in [4.78, 5) is 15.2. The molecule has 0 radical (unpaired) electrons. The van der Waals surface area contributed by atoms with Gasteiger partial charge in [-0.25, -0.2) is 8.42 Å². The van der Waals surface area contributed by atoms with Crippen LogP contribution in [0.25, 0.3) is 0 Å². The number of nitrogens with zero attached hydrogens (tertiary/aromatic N) is 1. The third-order valence-electron chi connectivity index (χ3n) is 5.04. The molecule has 3 rings (SSSR count). The summed E-state index contributed by atoms with van der Waals surface area (Å²) in [7, 11) is -1.72. The van der Waals surface area contributed by atoms with Crippen LogP contribution in [0, 0.1) is 0 Å². The fourth-order valence-electron chi connectivity index (χ4n) is 3.52. The lowest BCUT2D eigenvalue weighted by atomic mass is 10.0. The largest absolute Gasteiger partial charge is 0.497 e. The van der Waals surface area contributed by atoms with Crippen molar-refractivity contribution in [1.29, 1.82) is 0 Å². The molecule has 150 valence electrons. The normalized spacial score (nSPS) is 15.9. The zero-order chi connectivity index (χ0) is 20.1. The van der Waals surface area contributed by atoms with E-state index < -0.39 is 9.84 Å². The molecule has 0 spiro atoms. The molecule has 1 saturated heterocycles. The number of methoxy groups -OCH3 is 1. The molecule has 7 heteroatoms. The van der Waals surface area contributed by atoms with Crippen molar-refractivity contribution in [2.24, 2.45) is 0 Å². The molecule has 2 aromatic carbocycles.